The van der Waals surface area contributed by atoms with Gasteiger partial charge in [0, 0.05) is 75.3 Å². The fourth-order valence-corrected chi connectivity index (χ4v) is 5.99. The van der Waals surface area contributed by atoms with Crippen molar-refractivity contribution in [2.24, 2.45) is 7.05 Å². The van der Waals surface area contributed by atoms with E-state index >= 15 is 0 Å². The molecule has 0 radical (unpaired) electrons. The number of urea groups is 1. The fourth-order valence-electron chi connectivity index (χ4n) is 5.99. The summed E-state index contributed by atoms with van der Waals surface area (Å²) in [5.41, 5.74) is 3.29. The molecule has 1 aliphatic heterocycles. The lowest BCUT2D eigenvalue weighted by Gasteiger charge is -2.36. The maximum absolute atomic E-state index is 13.7. The summed E-state index contributed by atoms with van der Waals surface area (Å²) in [4.78, 5) is 43.1. The van der Waals surface area contributed by atoms with E-state index in [0.29, 0.717) is 55.7 Å². The van der Waals surface area contributed by atoms with E-state index in [2.05, 4.69) is 32.1 Å². The number of benzene rings is 1. The first-order valence-corrected chi connectivity index (χ1v) is 15.6. The predicted molar refractivity (Wildman–Crippen MR) is 174 cm³/mol. The van der Waals surface area contributed by atoms with E-state index in [9.17, 15) is 14.9 Å². The van der Waals surface area contributed by atoms with Gasteiger partial charge in [-0.1, -0.05) is 30.3 Å². The zero-order chi connectivity index (χ0) is 31.9. The molecule has 3 N–H and O–H groups in total. The van der Waals surface area contributed by atoms with Crippen LogP contribution in [0.2, 0.25) is 0 Å². The number of aryl methyl sites for hydroxylation is 1. The summed E-state index contributed by atoms with van der Waals surface area (Å²) in [6.45, 7) is 1.97. The minimum Gasteiger partial charge on any atom is -0.354 e. The van der Waals surface area contributed by atoms with Crippen LogP contribution >= 0.6 is 0 Å². The second-order valence-corrected chi connectivity index (χ2v) is 11.6. The molecular weight excluding hydrogens is 582 g/mol. The largest absolute Gasteiger partial charge is 0.354 e. The van der Waals surface area contributed by atoms with E-state index in [1.54, 1.807) is 22.0 Å². The Hall–Kier alpha value is -5.51. The molecule has 0 bridgehead atoms. The number of hydrogen-bond donors (Lipinski definition) is 3. The minimum absolute atomic E-state index is 0.00685. The number of nitriles is 1. The van der Waals surface area contributed by atoms with Crippen molar-refractivity contribution in [2.45, 2.75) is 50.7 Å². The average molecular weight is 620 g/mol. The molecule has 4 aromatic rings. The number of nitrogens with one attached hydrogen (secondary N) is 3. The molecule has 2 aliphatic rings. The monoisotopic (exact) mass is 619 g/mol. The van der Waals surface area contributed by atoms with Crippen molar-refractivity contribution in [1.29, 1.82) is 5.26 Å². The summed E-state index contributed by atoms with van der Waals surface area (Å²) >= 11 is 0. The Morgan fingerprint density at radius 2 is 1.87 bits per heavy atom. The Morgan fingerprint density at radius 3 is 2.59 bits per heavy atom. The van der Waals surface area contributed by atoms with Crippen LogP contribution in [0.4, 0.5) is 22.4 Å². The molecule has 13 nitrogen and oxygen atoms in total. The first kappa shape index (κ1) is 30.5. The normalized spacial score (nSPS) is 18.2. The third-order valence-corrected chi connectivity index (χ3v) is 8.43. The van der Waals surface area contributed by atoms with Gasteiger partial charge in [-0.2, -0.15) is 15.3 Å². The SMILES string of the molecule is Cn1cc(-c2ccc(N(C(=O)NCc3ccccc3)C3CCC(Nc4ncc(C#N)c(N5CCNC(=O)CC5)n4)CC3)nc2)cn1. The van der Waals surface area contributed by atoms with Gasteiger partial charge in [-0.25, -0.2) is 14.8 Å². The van der Waals surface area contributed by atoms with Crippen LogP contribution in [0.3, 0.4) is 0 Å². The van der Waals surface area contributed by atoms with E-state index in [-0.39, 0.29) is 24.0 Å². The number of nitrogens with zero attached hydrogens (tertiary/aromatic N) is 8. The van der Waals surface area contributed by atoms with Crippen LogP contribution in [0.5, 0.6) is 0 Å². The first-order valence-electron chi connectivity index (χ1n) is 15.6. The molecule has 0 spiro atoms. The highest BCUT2D eigenvalue weighted by Crippen LogP contribution is 2.30. The lowest BCUT2D eigenvalue weighted by Crippen LogP contribution is -2.49. The zero-order valence-electron chi connectivity index (χ0n) is 25.8. The van der Waals surface area contributed by atoms with Gasteiger partial charge in [-0.3, -0.25) is 14.4 Å². The topological polar surface area (TPSA) is 157 Å². The van der Waals surface area contributed by atoms with Crippen LogP contribution in [0.25, 0.3) is 11.1 Å². The smallest absolute Gasteiger partial charge is 0.323 e. The third kappa shape index (κ3) is 7.23. The van der Waals surface area contributed by atoms with Crippen molar-refractivity contribution in [3.63, 3.8) is 0 Å². The van der Waals surface area contributed by atoms with Crippen molar-refractivity contribution in [1.82, 2.24) is 35.4 Å². The molecule has 236 valence electrons. The summed E-state index contributed by atoms with van der Waals surface area (Å²) in [5, 5.41) is 23.3. The van der Waals surface area contributed by atoms with E-state index < -0.39 is 0 Å². The van der Waals surface area contributed by atoms with E-state index in [4.69, 9.17) is 9.97 Å². The highest BCUT2D eigenvalue weighted by Gasteiger charge is 2.31. The molecule has 0 unspecified atom stereocenters. The highest BCUT2D eigenvalue weighted by molar-refractivity contribution is 5.91. The van der Waals surface area contributed by atoms with E-state index in [1.165, 1.54) is 6.20 Å². The molecule has 1 aliphatic carbocycles. The molecule has 46 heavy (non-hydrogen) atoms. The van der Waals surface area contributed by atoms with Gasteiger partial charge in [-0.05, 0) is 43.4 Å². The molecule has 0 atom stereocenters. The third-order valence-electron chi connectivity index (χ3n) is 8.43. The van der Waals surface area contributed by atoms with Crippen LogP contribution in [0.15, 0.2) is 67.3 Å². The molecule has 2 fully saturated rings. The summed E-state index contributed by atoms with van der Waals surface area (Å²) in [5.74, 6) is 1.58. The zero-order valence-corrected chi connectivity index (χ0v) is 25.8. The molecule has 3 amide bonds. The van der Waals surface area contributed by atoms with E-state index in [0.717, 1.165) is 42.4 Å². The number of carbonyl (C=O) groups excluding carboxylic acids is 2. The number of aromatic nitrogens is 5. The number of anilines is 3. The Bertz CT molecular complexity index is 1690. The molecule has 1 saturated heterocycles. The fraction of sp³-hybridized carbons (Fsp3) is 0.364. The van der Waals surface area contributed by atoms with Gasteiger partial charge in [0.2, 0.25) is 11.9 Å². The minimum atomic E-state index is -0.188. The van der Waals surface area contributed by atoms with Gasteiger partial charge in [0.05, 0.1) is 12.4 Å². The lowest BCUT2D eigenvalue weighted by atomic mass is 9.90. The summed E-state index contributed by atoms with van der Waals surface area (Å²) in [6.07, 6.45) is 10.5. The maximum atomic E-state index is 13.7. The Morgan fingerprint density at radius 1 is 1.04 bits per heavy atom. The summed E-state index contributed by atoms with van der Waals surface area (Å²) in [6, 6.07) is 15.8. The van der Waals surface area contributed by atoms with Gasteiger partial charge in [-0.15, -0.1) is 0 Å². The van der Waals surface area contributed by atoms with Crippen molar-refractivity contribution in [2.75, 3.05) is 34.8 Å². The average Bonchev–Trinajstić information content (AvgIpc) is 3.41. The van der Waals surface area contributed by atoms with Crippen LogP contribution in [0, 0.1) is 11.3 Å². The summed E-state index contributed by atoms with van der Waals surface area (Å²) in [7, 11) is 1.87. The quantitative estimate of drug-likeness (QED) is 0.268. The lowest BCUT2D eigenvalue weighted by molar-refractivity contribution is -0.120. The standard InChI is InChI=1S/C33H37N11O2/c1-42-22-26(21-39-42)24-7-12-29(36-19-24)44(33(46)38-18-23-5-3-2-4-6-23)28-10-8-27(9-11-28)40-32-37-20-25(17-34)31(41-32)43-15-13-30(45)35-14-16-43/h2-7,12,19-22,27-28H,8-11,13-16,18H2,1H3,(H,35,45)(H,38,46)(H,37,40,41). The number of amides is 3. The van der Waals surface area contributed by atoms with Gasteiger partial charge < -0.3 is 20.9 Å². The molecular formula is C33H37N11O2. The molecule has 1 saturated carbocycles. The Kier molecular flexibility index (Phi) is 9.33. The van der Waals surface area contributed by atoms with Crippen LogP contribution < -0.4 is 25.8 Å². The second kappa shape index (κ2) is 14.1. The Balaban J connectivity index is 1.15. The van der Waals surface area contributed by atoms with Crippen LogP contribution in [-0.2, 0) is 18.4 Å². The van der Waals surface area contributed by atoms with Crippen molar-refractivity contribution < 1.29 is 9.59 Å². The Labute approximate surface area is 267 Å². The van der Waals surface area contributed by atoms with Crippen LogP contribution in [0.1, 0.15) is 43.2 Å². The second-order valence-electron chi connectivity index (χ2n) is 11.6. The maximum Gasteiger partial charge on any atom is 0.323 e. The van der Waals surface area contributed by atoms with Gasteiger partial charge >= 0.3 is 6.03 Å². The van der Waals surface area contributed by atoms with Gasteiger partial charge in [0.1, 0.15) is 17.5 Å². The molecule has 4 heterocycles. The molecule has 3 aromatic heterocycles. The first-order chi connectivity index (χ1) is 22.5. The number of hydrogen-bond acceptors (Lipinski definition) is 9. The molecule has 6 rings (SSSR count). The van der Waals surface area contributed by atoms with Crippen molar-refractivity contribution in [3.8, 4) is 17.2 Å². The van der Waals surface area contributed by atoms with E-state index in [1.807, 2.05) is 60.6 Å². The highest BCUT2D eigenvalue weighted by atomic mass is 16.2. The predicted octanol–water partition coefficient (Wildman–Crippen LogP) is 3.61. The number of rotatable bonds is 8. The van der Waals surface area contributed by atoms with Gasteiger partial charge in [0.15, 0.2) is 5.82 Å². The van der Waals surface area contributed by atoms with Crippen LogP contribution in [-0.4, -0.2) is 68.4 Å². The number of carbonyl (C=O) groups is 2. The molecule has 1 aromatic carbocycles. The van der Waals surface area contributed by atoms with Crippen molar-refractivity contribution >= 4 is 29.5 Å². The summed E-state index contributed by atoms with van der Waals surface area (Å²) < 4.78 is 1.75. The van der Waals surface area contributed by atoms with Gasteiger partial charge in [0.25, 0.3) is 0 Å². The number of pyridine rings is 1. The molecule has 13 heteroatoms. The van der Waals surface area contributed by atoms with Crippen molar-refractivity contribution in [3.05, 3.63) is 78.4 Å².